The summed E-state index contributed by atoms with van der Waals surface area (Å²) in [6.07, 6.45) is 0. The van der Waals surface area contributed by atoms with E-state index in [1.165, 1.54) is 36.6 Å². The van der Waals surface area contributed by atoms with Crippen LogP contribution in [0.5, 0.6) is 5.75 Å². The number of carbonyl (C=O) groups excluding carboxylic acids is 2. The number of benzene rings is 3. The number of methoxy groups -OCH3 is 1. The molecule has 0 bridgehead atoms. The maximum absolute atomic E-state index is 12.6. The van der Waals surface area contributed by atoms with Gasteiger partial charge in [0.15, 0.2) is 6.61 Å². The number of para-hydroxylation sites is 1. The molecule has 35 heavy (non-hydrogen) atoms. The third-order valence-corrected chi connectivity index (χ3v) is 7.50. The molecule has 1 aromatic heterocycles. The Hall–Kier alpha value is -3.89. The molecular weight excluding hydrogens is 488 g/mol. The Morgan fingerprint density at radius 2 is 1.71 bits per heavy atom. The van der Waals surface area contributed by atoms with Gasteiger partial charge >= 0.3 is 5.97 Å². The Kier molecular flexibility index (Phi) is 7.04. The van der Waals surface area contributed by atoms with Gasteiger partial charge in [0.2, 0.25) is 0 Å². The number of thiophene rings is 1. The van der Waals surface area contributed by atoms with Gasteiger partial charge in [-0.1, -0.05) is 18.2 Å². The van der Waals surface area contributed by atoms with Crippen molar-refractivity contribution in [1.29, 1.82) is 0 Å². The topological polar surface area (TPSA) is 111 Å². The molecule has 180 valence electrons. The van der Waals surface area contributed by atoms with E-state index in [9.17, 15) is 18.0 Å². The monoisotopic (exact) mass is 510 g/mol. The number of amides is 1. The van der Waals surface area contributed by atoms with Gasteiger partial charge in [-0.3, -0.25) is 9.52 Å². The van der Waals surface area contributed by atoms with Gasteiger partial charge in [-0.05, 0) is 72.5 Å². The van der Waals surface area contributed by atoms with E-state index >= 15 is 0 Å². The van der Waals surface area contributed by atoms with Crippen LogP contribution in [-0.2, 0) is 19.6 Å². The summed E-state index contributed by atoms with van der Waals surface area (Å²) in [6.45, 7) is 1.45. The fraction of sp³-hybridized carbons (Fsp3) is 0.120. The SMILES string of the molecule is COC(=O)c1cc2cc(NC(=O)COc3ccc(S(=O)(=O)Nc4ccccc4)cc3C)ccc2s1. The molecule has 1 heterocycles. The normalized spacial score (nSPS) is 11.1. The van der Waals surface area contributed by atoms with E-state index in [2.05, 4.69) is 10.0 Å². The zero-order valence-electron chi connectivity index (χ0n) is 18.9. The maximum Gasteiger partial charge on any atom is 0.348 e. The molecule has 3 aromatic carbocycles. The first-order valence-electron chi connectivity index (χ1n) is 10.5. The number of rotatable bonds is 8. The second-order valence-corrected chi connectivity index (χ2v) is 10.4. The van der Waals surface area contributed by atoms with Crippen molar-refractivity contribution in [3.05, 3.63) is 83.2 Å². The molecule has 0 aliphatic carbocycles. The quantitative estimate of drug-likeness (QED) is 0.329. The maximum atomic E-state index is 12.6. The number of aryl methyl sites for hydroxylation is 1. The van der Waals surface area contributed by atoms with Crippen molar-refractivity contribution in [1.82, 2.24) is 0 Å². The summed E-state index contributed by atoms with van der Waals surface area (Å²) in [5.74, 6) is -0.389. The molecule has 0 aliphatic rings. The van der Waals surface area contributed by atoms with Crippen molar-refractivity contribution in [2.45, 2.75) is 11.8 Å². The third-order valence-electron chi connectivity index (χ3n) is 5.03. The van der Waals surface area contributed by atoms with Crippen LogP contribution in [0.1, 0.15) is 15.2 Å². The summed E-state index contributed by atoms with van der Waals surface area (Å²) in [6, 6.07) is 20.1. The predicted octanol–water partition coefficient (Wildman–Crippen LogP) is 4.81. The summed E-state index contributed by atoms with van der Waals surface area (Å²) >= 11 is 1.31. The standard InChI is InChI=1S/C25H22N2O6S2/c1-16-12-20(35(30,31)27-18-6-4-3-5-7-18)9-10-21(16)33-15-24(28)26-19-8-11-22-17(13-19)14-23(34-22)25(29)32-2/h3-14,27H,15H2,1-2H3,(H,26,28). The van der Waals surface area contributed by atoms with E-state index in [1.54, 1.807) is 55.5 Å². The molecule has 0 saturated heterocycles. The zero-order chi connectivity index (χ0) is 25.0. The summed E-state index contributed by atoms with van der Waals surface area (Å²) in [5.41, 5.74) is 1.60. The molecule has 1 amide bonds. The fourth-order valence-corrected chi connectivity index (χ4v) is 5.44. The van der Waals surface area contributed by atoms with E-state index in [-0.39, 0.29) is 17.4 Å². The molecule has 0 unspecified atom stereocenters. The van der Waals surface area contributed by atoms with Crippen molar-refractivity contribution in [2.24, 2.45) is 0 Å². The van der Waals surface area contributed by atoms with E-state index in [4.69, 9.17) is 9.47 Å². The van der Waals surface area contributed by atoms with E-state index in [0.717, 1.165) is 10.1 Å². The first-order chi connectivity index (χ1) is 16.7. The Labute approximate surface area is 206 Å². The molecule has 8 nitrogen and oxygen atoms in total. The summed E-state index contributed by atoms with van der Waals surface area (Å²) < 4.78 is 39.1. The van der Waals surface area contributed by atoms with Crippen LogP contribution < -0.4 is 14.8 Å². The third kappa shape index (κ3) is 5.79. The fourth-order valence-electron chi connectivity index (χ4n) is 3.33. The van der Waals surface area contributed by atoms with Crippen LogP contribution in [0.3, 0.4) is 0 Å². The van der Waals surface area contributed by atoms with E-state index in [1.807, 2.05) is 6.07 Å². The smallest absolute Gasteiger partial charge is 0.348 e. The number of nitrogens with one attached hydrogen (secondary N) is 2. The molecule has 0 fully saturated rings. The van der Waals surface area contributed by atoms with Gasteiger partial charge in [0, 0.05) is 16.1 Å². The number of esters is 1. The summed E-state index contributed by atoms with van der Waals surface area (Å²) in [4.78, 5) is 24.7. The van der Waals surface area contributed by atoms with Crippen molar-refractivity contribution >= 4 is 54.7 Å². The molecule has 0 radical (unpaired) electrons. The average molecular weight is 511 g/mol. The van der Waals surface area contributed by atoms with E-state index in [0.29, 0.717) is 27.6 Å². The second-order valence-electron chi connectivity index (χ2n) is 7.59. The number of ether oxygens (including phenoxy) is 2. The molecule has 0 saturated carbocycles. The van der Waals surface area contributed by atoms with Crippen molar-refractivity contribution in [3.8, 4) is 5.75 Å². The van der Waals surface area contributed by atoms with Crippen LogP contribution in [0.25, 0.3) is 10.1 Å². The number of fused-ring (bicyclic) bond motifs is 1. The van der Waals surface area contributed by atoms with Gasteiger partial charge in [0.25, 0.3) is 15.9 Å². The number of sulfonamides is 1. The highest BCUT2D eigenvalue weighted by Gasteiger charge is 2.16. The number of anilines is 2. The molecule has 2 N–H and O–H groups in total. The molecule has 10 heteroatoms. The molecule has 0 atom stereocenters. The van der Waals surface area contributed by atoms with Gasteiger partial charge in [-0.15, -0.1) is 11.3 Å². The van der Waals surface area contributed by atoms with Crippen LogP contribution in [0.15, 0.2) is 77.7 Å². The van der Waals surface area contributed by atoms with Gasteiger partial charge in [0.1, 0.15) is 10.6 Å². The van der Waals surface area contributed by atoms with Gasteiger partial charge in [0.05, 0.1) is 12.0 Å². The Balaban J connectivity index is 1.38. The minimum Gasteiger partial charge on any atom is -0.483 e. The zero-order valence-corrected chi connectivity index (χ0v) is 20.5. The molecule has 0 aliphatic heterocycles. The van der Waals surface area contributed by atoms with Crippen LogP contribution in [-0.4, -0.2) is 34.0 Å². The highest BCUT2D eigenvalue weighted by Crippen LogP contribution is 2.29. The number of hydrogen-bond donors (Lipinski definition) is 2. The predicted molar refractivity (Wildman–Crippen MR) is 136 cm³/mol. The minimum absolute atomic E-state index is 0.0889. The first-order valence-corrected chi connectivity index (χ1v) is 12.8. The molecule has 4 aromatic rings. The molecular formula is C25H22N2O6S2. The first kappa shape index (κ1) is 24.2. The van der Waals surface area contributed by atoms with Crippen LogP contribution in [0.2, 0.25) is 0 Å². The molecule has 0 spiro atoms. The van der Waals surface area contributed by atoms with Gasteiger partial charge in [-0.25, -0.2) is 13.2 Å². The lowest BCUT2D eigenvalue weighted by molar-refractivity contribution is -0.118. The molecule has 4 rings (SSSR count). The second kappa shape index (κ2) is 10.2. The summed E-state index contributed by atoms with van der Waals surface area (Å²) in [7, 11) is -2.43. The van der Waals surface area contributed by atoms with E-state index < -0.39 is 16.0 Å². The lowest BCUT2D eigenvalue weighted by atomic mass is 10.2. The average Bonchev–Trinajstić information content (AvgIpc) is 3.26. The Morgan fingerprint density at radius 1 is 0.943 bits per heavy atom. The van der Waals surface area contributed by atoms with Crippen molar-refractivity contribution in [2.75, 3.05) is 23.8 Å². The highest BCUT2D eigenvalue weighted by molar-refractivity contribution is 7.92. The Morgan fingerprint density at radius 3 is 2.43 bits per heavy atom. The van der Waals surface area contributed by atoms with Crippen LogP contribution in [0.4, 0.5) is 11.4 Å². The summed E-state index contributed by atoms with van der Waals surface area (Å²) in [5, 5.41) is 3.57. The Bertz CT molecular complexity index is 1500. The van der Waals surface area contributed by atoms with Crippen molar-refractivity contribution in [3.63, 3.8) is 0 Å². The lowest BCUT2D eigenvalue weighted by Gasteiger charge is -2.12. The van der Waals surface area contributed by atoms with Gasteiger partial charge in [-0.2, -0.15) is 0 Å². The minimum atomic E-state index is -3.76. The van der Waals surface area contributed by atoms with Crippen molar-refractivity contribution < 1.29 is 27.5 Å². The number of hydrogen-bond acceptors (Lipinski definition) is 7. The lowest BCUT2D eigenvalue weighted by Crippen LogP contribution is -2.20. The van der Waals surface area contributed by atoms with Crippen LogP contribution >= 0.6 is 11.3 Å². The number of carbonyl (C=O) groups is 2. The van der Waals surface area contributed by atoms with Gasteiger partial charge < -0.3 is 14.8 Å². The highest BCUT2D eigenvalue weighted by atomic mass is 32.2. The largest absolute Gasteiger partial charge is 0.483 e. The van der Waals surface area contributed by atoms with Crippen LogP contribution in [0, 0.1) is 6.92 Å².